The number of aliphatic hydroxyl groups excluding tert-OH is 1. The molecule has 13 heteroatoms. The van der Waals surface area contributed by atoms with E-state index in [9.17, 15) is 34.2 Å². The molecule has 0 saturated heterocycles. The number of aromatic nitrogens is 1. The van der Waals surface area contributed by atoms with Crippen molar-refractivity contribution >= 4 is 40.5 Å². The molecule has 0 aliphatic rings. The highest BCUT2D eigenvalue weighted by atomic mass is 16.4. The van der Waals surface area contributed by atoms with Crippen LogP contribution in [0.2, 0.25) is 0 Å². The normalized spacial score (nSPS) is 14.6. The van der Waals surface area contributed by atoms with Gasteiger partial charge in [0.15, 0.2) is 0 Å². The third-order valence-electron chi connectivity index (χ3n) is 6.72. The summed E-state index contributed by atoms with van der Waals surface area (Å²) in [4.78, 5) is 65.3. The lowest BCUT2D eigenvalue weighted by Crippen LogP contribution is -2.60. The molecule has 10 N–H and O–H groups in total. The predicted octanol–water partition coefficient (Wildman–Crippen LogP) is -0.534. The van der Waals surface area contributed by atoms with Crippen LogP contribution in [0.1, 0.15) is 30.9 Å². The van der Waals surface area contributed by atoms with Crippen LogP contribution in [0.3, 0.4) is 0 Å². The van der Waals surface area contributed by atoms with Crippen molar-refractivity contribution in [2.45, 2.75) is 62.9 Å². The number of fused-ring (bicyclic) bond motifs is 1. The van der Waals surface area contributed by atoms with Crippen molar-refractivity contribution < 1.29 is 34.2 Å². The zero-order chi connectivity index (χ0) is 30.8. The Kier molecular flexibility index (Phi) is 11.2. The largest absolute Gasteiger partial charge is 0.480 e. The molecule has 3 aromatic rings. The Bertz CT molecular complexity index is 1410. The lowest BCUT2D eigenvalue weighted by molar-refractivity contribution is -0.142. The number of benzene rings is 2. The van der Waals surface area contributed by atoms with E-state index in [1.54, 1.807) is 36.5 Å². The number of hydrogen-bond acceptors (Lipinski definition) is 7. The molecular weight excluding hydrogens is 544 g/mol. The Morgan fingerprint density at radius 3 is 2.14 bits per heavy atom. The number of carboxylic acid groups (broad SMARTS) is 1. The van der Waals surface area contributed by atoms with E-state index in [1.165, 1.54) is 6.92 Å². The van der Waals surface area contributed by atoms with Crippen molar-refractivity contribution in [2.24, 2.45) is 11.5 Å². The molecular formula is C29H36N6O7. The maximum Gasteiger partial charge on any atom is 0.326 e. The van der Waals surface area contributed by atoms with E-state index in [-0.39, 0.29) is 25.7 Å². The summed E-state index contributed by atoms with van der Waals surface area (Å²) in [5.74, 6) is -4.52. The van der Waals surface area contributed by atoms with Gasteiger partial charge in [-0.3, -0.25) is 19.2 Å². The number of para-hydroxylation sites is 1. The molecule has 0 aliphatic heterocycles. The standard InChI is InChI=1S/C29H36N6O7/c1-16(36)25(35-26(38)20(30)14-18-15-32-21-10-6-5-9-19(18)21)28(40)34-23(13-17-7-3-2-4-8-17)27(39)33-22(29(41)42)11-12-24(31)37/h2-10,15-16,20,22-23,25,32,36H,11-14,30H2,1H3,(H2,31,37)(H,33,39)(H,34,40)(H,35,38)(H,41,42). The van der Waals surface area contributed by atoms with Crippen LogP contribution in [-0.2, 0) is 36.8 Å². The van der Waals surface area contributed by atoms with Gasteiger partial charge in [-0.05, 0) is 37.0 Å². The van der Waals surface area contributed by atoms with Crippen LogP contribution >= 0.6 is 0 Å². The first-order valence-corrected chi connectivity index (χ1v) is 13.4. The number of carbonyl (C=O) groups excluding carboxylic acids is 4. The lowest BCUT2D eigenvalue weighted by Gasteiger charge is -2.26. The molecule has 0 aliphatic carbocycles. The van der Waals surface area contributed by atoms with Gasteiger partial charge in [-0.2, -0.15) is 0 Å². The topological polar surface area (TPSA) is 230 Å². The second kappa shape index (κ2) is 14.8. The number of nitrogens with two attached hydrogens (primary N) is 2. The van der Waals surface area contributed by atoms with Crippen LogP contribution in [0.25, 0.3) is 10.9 Å². The smallest absolute Gasteiger partial charge is 0.326 e. The molecule has 0 bridgehead atoms. The molecule has 13 nitrogen and oxygen atoms in total. The van der Waals surface area contributed by atoms with Crippen molar-refractivity contribution in [3.8, 4) is 0 Å². The molecule has 5 atom stereocenters. The monoisotopic (exact) mass is 580 g/mol. The average Bonchev–Trinajstić information content (AvgIpc) is 3.35. The van der Waals surface area contributed by atoms with Crippen LogP contribution in [0.15, 0.2) is 60.8 Å². The van der Waals surface area contributed by atoms with E-state index >= 15 is 0 Å². The van der Waals surface area contributed by atoms with Crippen LogP contribution in [0, 0.1) is 0 Å². The van der Waals surface area contributed by atoms with Gasteiger partial charge >= 0.3 is 5.97 Å². The Balaban J connectivity index is 1.73. The van der Waals surface area contributed by atoms with Crippen molar-refractivity contribution in [1.82, 2.24) is 20.9 Å². The van der Waals surface area contributed by atoms with Gasteiger partial charge in [0.2, 0.25) is 23.6 Å². The minimum atomic E-state index is -1.47. The zero-order valence-corrected chi connectivity index (χ0v) is 23.1. The molecule has 3 rings (SSSR count). The molecule has 5 unspecified atom stereocenters. The van der Waals surface area contributed by atoms with E-state index in [4.69, 9.17) is 11.5 Å². The van der Waals surface area contributed by atoms with Crippen LogP contribution in [0.5, 0.6) is 0 Å². The highest BCUT2D eigenvalue weighted by molar-refractivity contribution is 5.95. The molecule has 0 spiro atoms. The molecule has 42 heavy (non-hydrogen) atoms. The summed E-state index contributed by atoms with van der Waals surface area (Å²) in [6.07, 6.45) is -0.00842. The summed E-state index contributed by atoms with van der Waals surface area (Å²) in [7, 11) is 0. The molecule has 0 radical (unpaired) electrons. The predicted molar refractivity (Wildman–Crippen MR) is 154 cm³/mol. The Morgan fingerprint density at radius 2 is 1.50 bits per heavy atom. The highest BCUT2D eigenvalue weighted by Gasteiger charge is 2.33. The number of carboxylic acids is 1. The molecule has 2 aromatic carbocycles. The lowest BCUT2D eigenvalue weighted by atomic mass is 10.0. The van der Waals surface area contributed by atoms with Gasteiger partial charge in [0.25, 0.3) is 0 Å². The maximum absolute atomic E-state index is 13.3. The first-order valence-electron chi connectivity index (χ1n) is 13.4. The molecule has 224 valence electrons. The maximum atomic E-state index is 13.3. The van der Waals surface area contributed by atoms with Gasteiger partial charge in [-0.15, -0.1) is 0 Å². The van der Waals surface area contributed by atoms with Crippen molar-refractivity contribution in [2.75, 3.05) is 0 Å². The summed E-state index contributed by atoms with van der Waals surface area (Å²) >= 11 is 0. The summed E-state index contributed by atoms with van der Waals surface area (Å²) in [5.41, 5.74) is 13.6. The van der Waals surface area contributed by atoms with E-state index in [2.05, 4.69) is 20.9 Å². The zero-order valence-electron chi connectivity index (χ0n) is 23.1. The quantitative estimate of drug-likeness (QED) is 0.116. The fraction of sp³-hybridized carbons (Fsp3) is 0.345. The van der Waals surface area contributed by atoms with Gasteiger partial charge in [-0.25, -0.2) is 4.79 Å². The number of H-pyrrole nitrogens is 1. The van der Waals surface area contributed by atoms with Gasteiger partial charge in [-0.1, -0.05) is 48.5 Å². The number of amides is 4. The minimum absolute atomic E-state index is 0.0267. The third-order valence-corrected chi connectivity index (χ3v) is 6.72. The second-order valence-electron chi connectivity index (χ2n) is 10.1. The fourth-order valence-electron chi connectivity index (χ4n) is 4.43. The minimum Gasteiger partial charge on any atom is -0.480 e. The molecule has 4 amide bonds. The fourth-order valence-corrected chi connectivity index (χ4v) is 4.43. The number of aromatic amines is 1. The number of carbonyl (C=O) groups is 5. The number of rotatable bonds is 15. The molecule has 1 heterocycles. The van der Waals surface area contributed by atoms with E-state index in [0.717, 1.165) is 16.5 Å². The van der Waals surface area contributed by atoms with Crippen LogP contribution in [-0.4, -0.2) is 75.1 Å². The second-order valence-corrected chi connectivity index (χ2v) is 10.1. The van der Waals surface area contributed by atoms with Crippen molar-refractivity contribution in [3.05, 3.63) is 71.9 Å². The SMILES string of the molecule is CC(O)C(NC(=O)C(N)Cc1c[nH]c2ccccc12)C(=O)NC(Cc1ccccc1)C(=O)NC(CCC(N)=O)C(=O)O. The number of aliphatic hydroxyl groups is 1. The molecule has 0 saturated carbocycles. The summed E-state index contributed by atoms with van der Waals surface area (Å²) in [5, 5.41) is 28.1. The van der Waals surface area contributed by atoms with E-state index in [0.29, 0.717) is 5.56 Å². The molecule has 1 aromatic heterocycles. The van der Waals surface area contributed by atoms with Gasteiger partial charge in [0.1, 0.15) is 18.1 Å². The summed E-state index contributed by atoms with van der Waals surface area (Å²) in [6, 6.07) is 10.9. The Labute approximate surface area is 242 Å². The highest BCUT2D eigenvalue weighted by Crippen LogP contribution is 2.19. The first kappa shape index (κ1) is 31.8. The van der Waals surface area contributed by atoms with Gasteiger partial charge in [0.05, 0.1) is 12.1 Å². The number of aliphatic carboxylic acids is 1. The van der Waals surface area contributed by atoms with Gasteiger partial charge in [0, 0.05) is 29.9 Å². The first-order chi connectivity index (χ1) is 20.0. The van der Waals surface area contributed by atoms with Crippen LogP contribution in [0.4, 0.5) is 0 Å². The number of hydrogen-bond donors (Lipinski definition) is 8. The third kappa shape index (κ3) is 8.88. The Morgan fingerprint density at radius 1 is 0.857 bits per heavy atom. The van der Waals surface area contributed by atoms with E-state index < -0.39 is 59.9 Å². The number of nitrogens with one attached hydrogen (secondary N) is 4. The molecule has 0 fully saturated rings. The number of primary amides is 1. The Hall–Kier alpha value is -4.75. The average molecular weight is 581 g/mol. The summed E-state index contributed by atoms with van der Waals surface area (Å²) in [6.45, 7) is 1.30. The van der Waals surface area contributed by atoms with Crippen molar-refractivity contribution in [3.63, 3.8) is 0 Å². The van der Waals surface area contributed by atoms with E-state index in [1.807, 2.05) is 24.3 Å². The van der Waals surface area contributed by atoms with Crippen LogP contribution < -0.4 is 27.4 Å². The van der Waals surface area contributed by atoms with Gasteiger partial charge < -0.3 is 42.6 Å². The van der Waals surface area contributed by atoms with Crippen molar-refractivity contribution in [1.29, 1.82) is 0 Å². The summed E-state index contributed by atoms with van der Waals surface area (Å²) < 4.78 is 0.